The second-order valence-corrected chi connectivity index (χ2v) is 3.95. The summed E-state index contributed by atoms with van der Waals surface area (Å²) in [7, 11) is 4.70. The minimum atomic E-state index is -0.702. The van der Waals surface area contributed by atoms with Gasteiger partial charge in [-0.25, -0.2) is 0 Å². The van der Waals surface area contributed by atoms with Gasteiger partial charge in [0.15, 0.2) is 11.5 Å². The molecule has 18 heavy (non-hydrogen) atoms. The molecular weight excluding hydrogens is 256 g/mol. The summed E-state index contributed by atoms with van der Waals surface area (Å²) in [5.74, 6) is 1.72. The van der Waals surface area contributed by atoms with Gasteiger partial charge in [-0.05, 0) is 43.1 Å². The Hall–Kier alpha value is -1.27. The molecule has 1 N–H and O–H groups in total. The molecule has 1 aliphatic carbocycles. The van der Waals surface area contributed by atoms with Crippen LogP contribution in [0.25, 0.3) is 0 Å². The van der Waals surface area contributed by atoms with E-state index in [4.69, 9.17) is 18.4 Å². The molecule has 1 fully saturated rings. The number of hydrogen-bond acceptors (Lipinski definition) is 5. The average Bonchev–Trinajstić information content (AvgIpc) is 3.18. The molecule has 1 aromatic rings. The fraction of sp³-hybridized carbons (Fsp3) is 0.500. The van der Waals surface area contributed by atoms with Crippen LogP contribution in [0.15, 0.2) is 12.1 Å². The molecule has 0 spiro atoms. The lowest BCUT2D eigenvalue weighted by Crippen LogP contribution is -2.06. The van der Waals surface area contributed by atoms with Crippen molar-refractivity contribution >= 4 is 12.5 Å². The molecule has 0 atom stereocenters. The van der Waals surface area contributed by atoms with E-state index in [0.29, 0.717) is 17.2 Å². The summed E-state index contributed by atoms with van der Waals surface area (Å²) >= 11 is 1.72. The van der Waals surface area contributed by atoms with Crippen LogP contribution in [0, 0.1) is 0 Å². The maximum Gasteiger partial charge on any atom is 0.203 e. The van der Waals surface area contributed by atoms with Gasteiger partial charge in [-0.2, -0.15) is 0 Å². The molecule has 0 bridgehead atoms. The zero-order valence-corrected chi connectivity index (χ0v) is 11.6. The molecule has 0 unspecified atom stereocenters. The van der Waals surface area contributed by atoms with Crippen molar-refractivity contribution in [3.63, 3.8) is 0 Å². The number of rotatable bonds is 4. The van der Waals surface area contributed by atoms with E-state index in [0.717, 1.165) is 18.4 Å². The number of aliphatic hydroxyl groups is 1. The standard InChI is InChI=1S/C12H16O4.H2OS/c1-14-9-6-8(12(13)4-5-12)7-10(15-2)11(9)16-3;1-2/h6-7,13H,4-5H2,1-3H3;2H2. The predicted octanol–water partition coefficient (Wildman–Crippen LogP) is 0.822. The third kappa shape index (κ3) is 2.76. The first kappa shape index (κ1) is 14.8. The number of methoxy groups -OCH3 is 3. The first-order chi connectivity index (χ1) is 8.64. The number of benzene rings is 1. The molecule has 5 nitrogen and oxygen atoms in total. The van der Waals surface area contributed by atoms with E-state index in [2.05, 4.69) is 0 Å². The molecule has 0 saturated heterocycles. The highest BCUT2D eigenvalue weighted by atomic mass is 32.1. The van der Waals surface area contributed by atoms with Crippen LogP contribution in [0.1, 0.15) is 18.4 Å². The van der Waals surface area contributed by atoms with Gasteiger partial charge in [-0.3, -0.25) is 4.21 Å². The van der Waals surface area contributed by atoms with Crippen LogP contribution < -0.4 is 14.2 Å². The molecule has 0 aliphatic heterocycles. The molecule has 0 radical (unpaired) electrons. The molecule has 0 amide bonds. The third-order valence-electron chi connectivity index (χ3n) is 2.93. The Morgan fingerprint density at radius 1 is 1.06 bits per heavy atom. The van der Waals surface area contributed by atoms with Crippen molar-refractivity contribution in [3.05, 3.63) is 17.7 Å². The Balaban J connectivity index is 0.000000771. The second kappa shape index (κ2) is 6.06. The van der Waals surface area contributed by atoms with E-state index >= 15 is 0 Å². The van der Waals surface area contributed by atoms with E-state index in [1.807, 2.05) is 0 Å². The fourth-order valence-electron chi connectivity index (χ4n) is 1.76. The van der Waals surface area contributed by atoms with Crippen molar-refractivity contribution in [1.82, 2.24) is 0 Å². The van der Waals surface area contributed by atoms with Gasteiger partial charge in [0.05, 0.1) is 26.9 Å². The van der Waals surface area contributed by atoms with Crippen molar-refractivity contribution in [3.8, 4) is 17.2 Å². The van der Waals surface area contributed by atoms with Crippen molar-refractivity contribution < 1.29 is 23.5 Å². The first-order valence-electron chi connectivity index (χ1n) is 5.38. The molecule has 6 heteroatoms. The summed E-state index contributed by atoms with van der Waals surface area (Å²) in [4.78, 5) is 0. The SMILES string of the molecule is COc1cc(C2(O)CC2)cc(OC)c1OC.O=[SH2]. The highest BCUT2D eigenvalue weighted by Crippen LogP contribution is 2.49. The summed E-state index contributed by atoms with van der Waals surface area (Å²) in [6.45, 7) is 0. The Bertz CT molecular complexity index is 392. The smallest absolute Gasteiger partial charge is 0.203 e. The molecular formula is C12H18O5S. The normalized spacial score (nSPS) is 15.2. The van der Waals surface area contributed by atoms with Gasteiger partial charge in [0.25, 0.3) is 0 Å². The minimum absolute atomic E-state index is 0.554. The van der Waals surface area contributed by atoms with Gasteiger partial charge in [-0.1, -0.05) is 0 Å². The van der Waals surface area contributed by atoms with Crippen molar-refractivity contribution in [2.24, 2.45) is 0 Å². The fourth-order valence-corrected chi connectivity index (χ4v) is 1.76. The topological polar surface area (TPSA) is 65.0 Å². The van der Waals surface area contributed by atoms with Crippen LogP contribution in [-0.4, -0.2) is 30.6 Å². The second-order valence-electron chi connectivity index (χ2n) is 3.95. The average molecular weight is 274 g/mol. The Morgan fingerprint density at radius 2 is 1.50 bits per heavy atom. The maximum atomic E-state index is 10.1. The molecule has 102 valence electrons. The van der Waals surface area contributed by atoms with E-state index in [-0.39, 0.29) is 0 Å². The number of hydrogen-bond donors (Lipinski definition) is 1. The lowest BCUT2D eigenvalue weighted by molar-refractivity contribution is 0.150. The lowest BCUT2D eigenvalue weighted by Gasteiger charge is -2.16. The van der Waals surface area contributed by atoms with E-state index in [1.165, 1.54) is 0 Å². The quantitative estimate of drug-likeness (QED) is 0.880. The lowest BCUT2D eigenvalue weighted by atomic mass is 10.1. The predicted molar refractivity (Wildman–Crippen MR) is 70.2 cm³/mol. The Kier molecular flexibility index (Phi) is 4.98. The maximum absolute atomic E-state index is 10.1. The Labute approximate surface area is 111 Å². The van der Waals surface area contributed by atoms with Gasteiger partial charge in [-0.15, -0.1) is 0 Å². The largest absolute Gasteiger partial charge is 0.493 e. The van der Waals surface area contributed by atoms with Crippen LogP contribution in [0.5, 0.6) is 17.2 Å². The summed E-state index contributed by atoms with van der Waals surface area (Å²) < 4.78 is 23.7. The molecule has 1 aromatic carbocycles. The third-order valence-corrected chi connectivity index (χ3v) is 2.93. The van der Waals surface area contributed by atoms with Gasteiger partial charge in [0, 0.05) is 0 Å². The zero-order chi connectivity index (χ0) is 13.8. The van der Waals surface area contributed by atoms with Crippen LogP contribution in [-0.2, 0) is 18.1 Å². The molecule has 0 heterocycles. The summed E-state index contributed by atoms with van der Waals surface area (Å²) in [5.41, 5.74) is 0.120. The van der Waals surface area contributed by atoms with Crippen molar-refractivity contribution in [2.75, 3.05) is 21.3 Å². The van der Waals surface area contributed by atoms with Crippen molar-refractivity contribution in [2.45, 2.75) is 18.4 Å². The van der Waals surface area contributed by atoms with Crippen LogP contribution >= 0.6 is 0 Å². The molecule has 1 aliphatic rings. The monoisotopic (exact) mass is 274 g/mol. The van der Waals surface area contributed by atoms with E-state index < -0.39 is 5.60 Å². The molecule has 2 rings (SSSR count). The molecule has 0 aromatic heterocycles. The zero-order valence-electron chi connectivity index (χ0n) is 10.6. The van der Waals surface area contributed by atoms with Gasteiger partial charge in [0.2, 0.25) is 5.75 Å². The Morgan fingerprint density at radius 3 is 1.78 bits per heavy atom. The summed E-state index contributed by atoms with van der Waals surface area (Å²) in [6, 6.07) is 3.60. The van der Waals surface area contributed by atoms with Gasteiger partial charge < -0.3 is 19.3 Å². The van der Waals surface area contributed by atoms with Crippen molar-refractivity contribution in [1.29, 1.82) is 0 Å². The summed E-state index contributed by atoms with van der Waals surface area (Å²) in [5, 5.41) is 10.1. The van der Waals surface area contributed by atoms with E-state index in [1.54, 1.807) is 46.0 Å². The summed E-state index contributed by atoms with van der Waals surface area (Å²) in [6.07, 6.45) is 1.57. The van der Waals surface area contributed by atoms with E-state index in [9.17, 15) is 5.11 Å². The van der Waals surface area contributed by atoms with Gasteiger partial charge in [0.1, 0.15) is 0 Å². The first-order valence-corrected chi connectivity index (χ1v) is 5.78. The highest BCUT2D eigenvalue weighted by molar-refractivity contribution is 7.44. The highest BCUT2D eigenvalue weighted by Gasteiger charge is 2.43. The number of ether oxygens (including phenoxy) is 3. The van der Waals surface area contributed by atoms with Crippen LogP contribution in [0.3, 0.4) is 0 Å². The minimum Gasteiger partial charge on any atom is -0.493 e. The molecule has 1 saturated carbocycles. The van der Waals surface area contributed by atoms with Crippen LogP contribution in [0.4, 0.5) is 0 Å². The van der Waals surface area contributed by atoms with Crippen LogP contribution in [0.2, 0.25) is 0 Å². The van der Waals surface area contributed by atoms with Gasteiger partial charge >= 0.3 is 0 Å².